The van der Waals surface area contributed by atoms with Crippen LogP contribution in [0, 0.1) is 0 Å². The first kappa shape index (κ1) is 19.0. The van der Waals surface area contributed by atoms with Crippen LogP contribution in [0.5, 0.6) is 5.75 Å². The summed E-state index contributed by atoms with van der Waals surface area (Å²) >= 11 is 1.67. The van der Waals surface area contributed by atoms with Crippen molar-refractivity contribution in [2.45, 2.75) is 39.1 Å². The first-order chi connectivity index (χ1) is 14.5. The third kappa shape index (κ3) is 3.50. The topological polar surface area (TPSA) is 83.1 Å². The Morgan fingerprint density at radius 2 is 2.13 bits per heavy atom. The number of hydrogen-bond donors (Lipinski definition) is 0. The van der Waals surface area contributed by atoms with Gasteiger partial charge in [0.15, 0.2) is 18.1 Å². The predicted molar refractivity (Wildman–Crippen MR) is 114 cm³/mol. The van der Waals surface area contributed by atoms with Crippen LogP contribution in [0.25, 0.3) is 15.9 Å². The van der Waals surface area contributed by atoms with Gasteiger partial charge in [0.05, 0.1) is 30.9 Å². The van der Waals surface area contributed by atoms with Gasteiger partial charge in [-0.1, -0.05) is 5.16 Å². The maximum atomic E-state index is 5.95. The van der Waals surface area contributed by atoms with Crippen LogP contribution in [0.3, 0.4) is 0 Å². The zero-order valence-electron chi connectivity index (χ0n) is 17.0. The van der Waals surface area contributed by atoms with E-state index < -0.39 is 0 Å². The minimum absolute atomic E-state index is 0.177. The molecule has 8 nitrogen and oxygen atoms in total. The van der Waals surface area contributed by atoms with Crippen molar-refractivity contribution in [3.8, 4) is 5.75 Å². The summed E-state index contributed by atoms with van der Waals surface area (Å²) in [6, 6.07) is 7.55. The van der Waals surface area contributed by atoms with Gasteiger partial charge in [-0.3, -0.25) is 0 Å². The summed E-state index contributed by atoms with van der Waals surface area (Å²) in [6.07, 6.45) is 4.17. The predicted octanol–water partition coefficient (Wildman–Crippen LogP) is 3.75. The molecule has 0 aliphatic carbocycles. The number of fused-ring (bicyclic) bond motifs is 5. The van der Waals surface area contributed by atoms with Crippen molar-refractivity contribution in [3.05, 3.63) is 52.4 Å². The summed E-state index contributed by atoms with van der Waals surface area (Å²) in [4.78, 5) is 16.9. The number of ether oxygens (including phenoxy) is 2. The standard InChI is InChI=1S/C21H21N5O3S/c1-21(2)8-15-16(10-28-21)30-20-18(15)19-24-17(25-26(19)12-22-20)11-29-23-9-13-4-6-14(27-3)7-5-13/h4-7,9,12H,8,10-11H2,1-3H3/b23-9-. The Morgan fingerprint density at radius 1 is 1.30 bits per heavy atom. The smallest absolute Gasteiger partial charge is 0.192 e. The molecule has 1 aromatic carbocycles. The monoisotopic (exact) mass is 423 g/mol. The highest BCUT2D eigenvalue weighted by Crippen LogP contribution is 2.39. The van der Waals surface area contributed by atoms with Gasteiger partial charge >= 0.3 is 0 Å². The summed E-state index contributed by atoms with van der Waals surface area (Å²) in [7, 11) is 1.64. The number of rotatable bonds is 5. The van der Waals surface area contributed by atoms with Crippen molar-refractivity contribution < 1.29 is 14.3 Å². The molecule has 0 amide bonds. The molecule has 3 aromatic heterocycles. The highest BCUT2D eigenvalue weighted by Gasteiger charge is 2.30. The molecular formula is C21H21N5O3S. The molecule has 0 fully saturated rings. The van der Waals surface area contributed by atoms with E-state index in [9.17, 15) is 0 Å². The maximum absolute atomic E-state index is 5.95. The van der Waals surface area contributed by atoms with E-state index in [1.807, 2.05) is 24.3 Å². The number of thiophene rings is 1. The lowest BCUT2D eigenvalue weighted by molar-refractivity contribution is -0.0379. The van der Waals surface area contributed by atoms with Gasteiger partial charge in [-0.15, -0.1) is 16.4 Å². The second-order valence-electron chi connectivity index (χ2n) is 7.73. The van der Waals surface area contributed by atoms with E-state index >= 15 is 0 Å². The molecule has 4 aromatic rings. The van der Waals surface area contributed by atoms with Gasteiger partial charge in [-0.05, 0) is 49.2 Å². The first-order valence-corrected chi connectivity index (χ1v) is 10.4. The van der Waals surface area contributed by atoms with Crippen molar-refractivity contribution in [2.24, 2.45) is 5.16 Å². The SMILES string of the molecule is COc1ccc(/C=N\OCc2nc3c4c5c(sc4ncn3n2)COC(C)(C)C5)cc1. The van der Waals surface area contributed by atoms with Crippen molar-refractivity contribution in [2.75, 3.05) is 7.11 Å². The van der Waals surface area contributed by atoms with Crippen LogP contribution >= 0.6 is 11.3 Å². The quantitative estimate of drug-likeness (QED) is 0.359. The van der Waals surface area contributed by atoms with Gasteiger partial charge in [0.2, 0.25) is 0 Å². The van der Waals surface area contributed by atoms with Crippen LogP contribution in [0.1, 0.15) is 35.7 Å². The summed E-state index contributed by atoms with van der Waals surface area (Å²) in [5, 5.41) is 9.58. The Morgan fingerprint density at radius 3 is 2.93 bits per heavy atom. The normalized spacial score (nSPS) is 15.7. The minimum atomic E-state index is -0.198. The second-order valence-corrected chi connectivity index (χ2v) is 8.81. The molecule has 0 unspecified atom stereocenters. The maximum Gasteiger partial charge on any atom is 0.192 e. The Hall–Kier alpha value is -3.04. The molecule has 5 rings (SSSR count). The van der Waals surface area contributed by atoms with Gasteiger partial charge in [0, 0.05) is 11.3 Å². The Balaban J connectivity index is 1.37. The average molecular weight is 423 g/mol. The lowest BCUT2D eigenvalue weighted by atomic mass is 9.94. The molecule has 0 spiro atoms. The highest BCUT2D eigenvalue weighted by atomic mass is 32.1. The summed E-state index contributed by atoms with van der Waals surface area (Å²) in [5.41, 5.74) is 2.78. The lowest BCUT2D eigenvalue weighted by Gasteiger charge is -2.30. The Kier molecular flexibility index (Phi) is 4.63. The fourth-order valence-electron chi connectivity index (χ4n) is 3.53. The molecule has 0 atom stereocenters. The van der Waals surface area contributed by atoms with Crippen LogP contribution in [0.2, 0.25) is 0 Å². The van der Waals surface area contributed by atoms with E-state index in [2.05, 4.69) is 29.1 Å². The molecule has 1 aliphatic heterocycles. The van der Waals surface area contributed by atoms with Crippen LogP contribution < -0.4 is 4.74 Å². The number of oxime groups is 1. The summed E-state index contributed by atoms with van der Waals surface area (Å²) in [6.45, 7) is 5.00. The molecule has 30 heavy (non-hydrogen) atoms. The summed E-state index contributed by atoms with van der Waals surface area (Å²) in [5.74, 6) is 1.36. The van der Waals surface area contributed by atoms with E-state index in [1.165, 1.54) is 10.4 Å². The third-order valence-electron chi connectivity index (χ3n) is 5.04. The van der Waals surface area contributed by atoms with E-state index in [-0.39, 0.29) is 12.2 Å². The van der Waals surface area contributed by atoms with Crippen LogP contribution in [0.4, 0.5) is 0 Å². The van der Waals surface area contributed by atoms with E-state index in [1.54, 1.807) is 35.5 Å². The fraction of sp³-hybridized carbons (Fsp3) is 0.333. The second kappa shape index (κ2) is 7.33. The first-order valence-electron chi connectivity index (χ1n) is 9.60. The van der Waals surface area contributed by atoms with E-state index in [4.69, 9.17) is 19.3 Å². The molecule has 1 aliphatic rings. The third-order valence-corrected chi connectivity index (χ3v) is 6.15. The zero-order chi connectivity index (χ0) is 20.7. The molecule has 4 heterocycles. The fourth-order valence-corrected chi connectivity index (χ4v) is 4.60. The van der Waals surface area contributed by atoms with Gasteiger partial charge < -0.3 is 14.3 Å². The highest BCUT2D eigenvalue weighted by molar-refractivity contribution is 7.19. The van der Waals surface area contributed by atoms with Gasteiger partial charge in [-0.25, -0.2) is 14.5 Å². The molecule has 154 valence electrons. The molecular weight excluding hydrogens is 402 g/mol. The Labute approximate surface area is 177 Å². The molecule has 0 saturated heterocycles. The molecule has 0 radical (unpaired) electrons. The van der Waals surface area contributed by atoms with Gasteiger partial charge in [0.1, 0.15) is 16.9 Å². The minimum Gasteiger partial charge on any atom is -0.497 e. The number of benzene rings is 1. The molecule has 0 saturated carbocycles. The van der Waals surface area contributed by atoms with Crippen LogP contribution in [-0.4, -0.2) is 38.5 Å². The molecule has 0 bridgehead atoms. The Bertz CT molecular complexity index is 1240. The van der Waals surface area contributed by atoms with Crippen molar-refractivity contribution in [1.82, 2.24) is 19.6 Å². The number of aromatic nitrogens is 4. The van der Waals surface area contributed by atoms with Gasteiger partial charge in [-0.2, -0.15) is 0 Å². The van der Waals surface area contributed by atoms with E-state index in [0.29, 0.717) is 12.4 Å². The van der Waals surface area contributed by atoms with Crippen LogP contribution in [0.15, 0.2) is 35.7 Å². The van der Waals surface area contributed by atoms with Crippen LogP contribution in [-0.2, 0) is 29.2 Å². The zero-order valence-corrected chi connectivity index (χ0v) is 17.8. The lowest BCUT2D eigenvalue weighted by Crippen LogP contribution is -2.31. The van der Waals surface area contributed by atoms with Gasteiger partial charge in [0.25, 0.3) is 0 Å². The molecule has 0 N–H and O–H groups in total. The van der Waals surface area contributed by atoms with Crippen molar-refractivity contribution in [3.63, 3.8) is 0 Å². The largest absolute Gasteiger partial charge is 0.497 e. The number of nitrogens with zero attached hydrogens (tertiary/aromatic N) is 5. The van der Waals surface area contributed by atoms with Crippen molar-refractivity contribution >= 4 is 33.4 Å². The molecule has 9 heteroatoms. The average Bonchev–Trinajstić information content (AvgIpc) is 3.31. The summed E-state index contributed by atoms with van der Waals surface area (Å²) < 4.78 is 12.8. The van der Waals surface area contributed by atoms with E-state index in [0.717, 1.165) is 33.6 Å². The number of methoxy groups -OCH3 is 1. The van der Waals surface area contributed by atoms with Crippen molar-refractivity contribution in [1.29, 1.82) is 0 Å². The number of hydrogen-bond acceptors (Lipinski definition) is 8.